The van der Waals surface area contributed by atoms with E-state index in [0.717, 1.165) is 28.0 Å². The lowest BCUT2D eigenvalue weighted by Gasteiger charge is -2.21. The van der Waals surface area contributed by atoms with E-state index >= 15 is 0 Å². The summed E-state index contributed by atoms with van der Waals surface area (Å²) in [7, 11) is 0. The molecule has 0 aliphatic heterocycles. The number of thiophene rings is 1. The number of hydrogen-bond donors (Lipinski definition) is 2. The number of hydrogen-bond acceptors (Lipinski definition) is 3. The van der Waals surface area contributed by atoms with Crippen molar-refractivity contribution >= 4 is 29.2 Å². The molecule has 0 radical (unpaired) electrons. The van der Waals surface area contributed by atoms with Crippen LogP contribution in [-0.2, 0) is 4.79 Å². The minimum atomic E-state index is -0.304. The molecule has 2 amide bonds. The summed E-state index contributed by atoms with van der Waals surface area (Å²) in [5.41, 5.74) is 5.05. The van der Waals surface area contributed by atoms with Gasteiger partial charge in [0.25, 0.3) is 11.8 Å². The van der Waals surface area contributed by atoms with Crippen molar-refractivity contribution in [2.75, 3.05) is 0 Å². The third-order valence-electron chi connectivity index (χ3n) is 5.23. The van der Waals surface area contributed by atoms with Gasteiger partial charge in [-0.3, -0.25) is 9.59 Å². The van der Waals surface area contributed by atoms with E-state index in [1.165, 1.54) is 16.9 Å². The third-order valence-corrected chi connectivity index (χ3v) is 6.05. The van der Waals surface area contributed by atoms with Gasteiger partial charge >= 0.3 is 0 Å². The predicted octanol–water partition coefficient (Wildman–Crippen LogP) is 5.71. The molecule has 0 spiro atoms. The van der Waals surface area contributed by atoms with Gasteiger partial charge in [-0.1, -0.05) is 55.0 Å². The first kappa shape index (κ1) is 22.5. The molecule has 3 aromatic rings. The quantitative estimate of drug-likeness (QED) is 0.470. The van der Waals surface area contributed by atoms with Gasteiger partial charge in [0.2, 0.25) is 0 Å². The van der Waals surface area contributed by atoms with Crippen LogP contribution in [0.25, 0.3) is 6.08 Å². The number of amides is 2. The molecule has 2 aromatic carbocycles. The number of carbonyl (C=O) groups is 2. The average Bonchev–Trinajstić information content (AvgIpc) is 3.25. The van der Waals surface area contributed by atoms with Crippen molar-refractivity contribution in [2.45, 2.75) is 40.2 Å². The van der Waals surface area contributed by atoms with Crippen LogP contribution in [0.1, 0.15) is 56.9 Å². The number of nitrogens with one attached hydrogen (secondary N) is 2. The van der Waals surface area contributed by atoms with Gasteiger partial charge in [-0.2, -0.15) is 0 Å². The fourth-order valence-corrected chi connectivity index (χ4v) is 4.20. The zero-order valence-electron chi connectivity index (χ0n) is 18.4. The lowest BCUT2D eigenvalue weighted by atomic mass is 9.97. The van der Waals surface area contributed by atoms with E-state index in [1.54, 1.807) is 12.1 Å². The lowest BCUT2D eigenvalue weighted by Crippen LogP contribution is -2.37. The molecule has 31 heavy (non-hydrogen) atoms. The first-order valence-electron chi connectivity index (χ1n) is 10.4. The van der Waals surface area contributed by atoms with Gasteiger partial charge in [-0.15, -0.1) is 11.3 Å². The Hall–Kier alpha value is -3.18. The summed E-state index contributed by atoms with van der Waals surface area (Å²) in [4.78, 5) is 27.0. The van der Waals surface area contributed by atoms with Gasteiger partial charge in [0.05, 0.1) is 6.04 Å². The molecule has 1 atom stereocenters. The predicted molar refractivity (Wildman–Crippen MR) is 128 cm³/mol. The van der Waals surface area contributed by atoms with E-state index < -0.39 is 0 Å². The van der Waals surface area contributed by atoms with Crippen LogP contribution in [0.4, 0.5) is 0 Å². The van der Waals surface area contributed by atoms with Crippen LogP contribution in [0.15, 0.2) is 65.7 Å². The summed E-state index contributed by atoms with van der Waals surface area (Å²) in [6, 6.07) is 17.3. The minimum absolute atomic E-state index is 0.143. The highest BCUT2D eigenvalue weighted by atomic mass is 32.1. The van der Waals surface area contributed by atoms with Crippen molar-refractivity contribution in [1.82, 2.24) is 10.6 Å². The SMILES string of the molecule is CCC(NC(=O)/C(=C/c1cccs1)NC(=O)c1ccccc1C)c1ccc(C)cc1C. The molecule has 160 valence electrons. The maximum absolute atomic E-state index is 13.3. The summed E-state index contributed by atoms with van der Waals surface area (Å²) in [6.45, 7) is 8.03. The Morgan fingerprint density at radius 1 is 1.00 bits per heavy atom. The van der Waals surface area contributed by atoms with E-state index in [0.29, 0.717) is 5.56 Å². The monoisotopic (exact) mass is 432 g/mol. The molecule has 0 aliphatic rings. The van der Waals surface area contributed by atoms with Crippen LogP contribution in [0.2, 0.25) is 0 Å². The van der Waals surface area contributed by atoms with Crippen molar-refractivity contribution in [2.24, 2.45) is 0 Å². The van der Waals surface area contributed by atoms with Crippen molar-refractivity contribution in [1.29, 1.82) is 0 Å². The van der Waals surface area contributed by atoms with Gasteiger partial charge in [0.15, 0.2) is 0 Å². The molecule has 0 aliphatic carbocycles. The maximum atomic E-state index is 13.3. The molecule has 1 aromatic heterocycles. The van der Waals surface area contributed by atoms with Gasteiger partial charge in [0.1, 0.15) is 5.70 Å². The Labute approximate surface area is 188 Å². The molecule has 0 saturated heterocycles. The second-order valence-electron chi connectivity index (χ2n) is 7.64. The van der Waals surface area contributed by atoms with Crippen LogP contribution in [0.5, 0.6) is 0 Å². The number of benzene rings is 2. The molecule has 1 heterocycles. The molecule has 4 nitrogen and oxygen atoms in total. The van der Waals surface area contributed by atoms with Gasteiger partial charge < -0.3 is 10.6 Å². The lowest BCUT2D eigenvalue weighted by molar-refractivity contribution is -0.118. The molecular formula is C26H28N2O2S. The Morgan fingerprint density at radius 2 is 1.77 bits per heavy atom. The number of rotatable bonds is 7. The summed E-state index contributed by atoms with van der Waals surface area (Å²) in [5, 5.41) is 7.88. The first-order chi connectivity index (χ1) is 14.9. The molecule has 3 rings (SSSR count). The second-order valence-corrected chi connectivity index (χ2v) is 8.62. The van der Waals surface area contributed by atoms with Crippen LogP contribution >= 0.6 is 11.3 Å². The van der Waals surface area contributed by atoms with Crippen molar-refractivity contribution in [3.63, 3.8) is 0 Å². The second kappa shape index (κ2) is 10.2. The molecule has 0 fully saturated rings. The summed E-state index contributed by atoms with van der Waals surface area (Å²) in [6.07, 6.45) is 2.47. The zero-order valence-corrected chi connectivity index (χ0v) is 19.2. The average molecular weight is 433 g/mol. The van der Waals surface area contributed by atoms with Gasteiger partial charge in [0, 0.05) is 10.4 Å². The molecule has 1 unspecified atom stereocenters. The van der Waals surface area contributed by atoms with Gasteiger partial charge in [-0.25, -0.2) is 0 Å². The van der Waals surface area contributed by atoms with Crippen LogP contribution < -0.4 is 10.6 Å². The number of carbonyl (C=O) groups excluding carboxylic acids is 2. The Kier molecular flexibility index (Phi) is 7.42. The van der Waals surface area contributed by atoms with E-state index in [1.807, 2.05) is 49.6 Å². The molecular weight excluding hydrogens is 404 g/mol. The number of aryl methyl sites for hydroxylation is 3. The smallest absolute Gasteiger partial charge is 0.268 e. The highest BCUT2D eigenvalue weighted by Gasteiger charge is 2.20. The highest BCUT2D eigenvalue weighted by molar-refractivity contribution is 7.10. The van der Waals surface area contributed by atoms with Crippen molar-refractivity contribution < 1.29 is 9.59 Å². The summed E-state index contributed by atoms with van der Waals surface area (Å²) < 4.78 is 0. The zero-order chi connectivity index (χ0) is 22.4. The Balaban J connectivity index is 1.87. The van der Waals surface area contributed by atoms with Crippen molar-refractivity contribution in [3.8, 4) is 0 Å². The fraction of sp³-hybridized carbons (Fsp3) is 0.231. The Morgan fingerprint density at radius 3 is 2.42 bits per heavy atom. The molecule has 5 heteroatoms. The van der Waals surface area contributed by atoms with Gasteiger partial charge in [-0.05, 0) is 67.5 Å². The topological polar surface area (TPSA) is 58.2 Å². The minimum Gasteiger partial charge on any atom is -0.344 e. The first-order valence-corrected chi connectivity index (χ1v) is 11.3. The Bertz CT molecular complexity index is 1100. The van der Waals surface area contributed by atoms with Crippen molar-refractivity contribution in [3.05, 3.63) is 98.4 Å². The van der Waals surface area contributed by atoms with E-state index in [4.69, 9.17) is 0 Å². The fourth-order valence-electron chi connectivity index (χ4n) is 3.54. The molecule has 0 bridgehead atoms. The van der Waals surface area contributed by atoms with Crippen LogP contribution in [0.3, 0.4) is 0 Å². The largest absolute Gasteiger partial charge is 0.344 e. The standard InChI is InChI=1S/C26H28N2O2S/c1-5-23(21-13-12-17(2)15-19(21)4)27-26(30)24(16-20-10-8-14-31-20)28-25(29)22-11-7-6-9-18(22)3/h6-16,23H,5H2,1-4H3,(H,27,30)(H,28,29)/b24-16-. The van der Waals surface area contributed by atoms with E-state index in [2.05, 4.69) is 42.7 Å². The van der Waals surface area contributed by atoms with Crippen LogP contribution in [0, 0.1) is 20.8 Å². The molecule has 2 N–H and O–H groups in total. The third kappa shape index (κ3) is 5.70. The summed E-state index contributed by atoms with van der Waals surface area (Å²) in [5.74, 6) is -0.599. The summed E-state index contributed by atoms with van der Waals surface area (Å²) >= 11 is 1.51. The molecule has 0 saturated carbocycles. The van der Waals surface area contributed by atoms with Crippen LogP contribution in [-0.4, -0.2) is 11.8 Å². The maximum Gasteiger partial charge on any atom is 0.268 e. The highest BCUT2D eigenvalue weighted by Crippen LogP contribution is 2.22. The van der Waals surface area contributed by atoms with E-state index in [9.17, 15) is 9.59 Å². The van der Waals surface area contributed by atoms with E-state index in [-0.39, 0.29) is 23.6 Å². The normalized spacial score (nSPS) is 12.3.